The normalized spacial score (nSPS) is 12.3. The minimum absolute atomic E-state index is 0.00739. The summed E-state index contributed by atoms with van der Waals surface area (Å²) in [4.78, 5) is 12.0. The number of esters is 1. The lowest BCUT2D eigenvalue weighted by atomic mass is 10.2. The van der Waals surface area contributed by atoms with Gasteiger partial charge >= 0.3 is 12.1 Å². The van der Waals surface area contributed by atoms with Gasteiger partial charge in [0.2, 0.25) is 0 Å². The molecule has 6 nitrogen and oxygen atoms in total. The van der Waals surface area contributed by atoms with Gasteiger partial charge in [-0.05, 0) is 12.1 Å². The predicted molar refractivity (Wildman–Crippen MR) is 87.6 cm³/mol. The van der Waals surface area contributed by atoms with E-state index in [4.69, 9.17) is 34.2 Å². The third-order valence-electron chi connectivity index (χ3n) is 3.23. The Balaban J connectivity index is 2.61. The molecule has 2 aromatic rings. The van der Waals surface area contributed by atoms with Gasteiger partial charge in [0.25, 0.3) is 5.63 Å². The monoisotopic (exact) mass is 407 g/mol. The van der Waals surface area contributed by atoms with Crippen LogP contribution in [0.3, 0.4) is 0 Å². The average molecular weight is 408 g/mol. The van der Waals surface area contributed by atoms with Crippen LogP contribution in [0.5, 0.6) is 5.75 Å². The number of hydrogen-bond acceptors (Lipinski definition) is 5. The van der Waals surface area contributed by atoms with Gasteiger partial charge in [0, 0.05) is 12.3 Å². The molecule has 1 aromatic carbocycles. The van der Waals surface area contributed by atoms with Crippen molar-refractivity contribution in [3.05, 3.63) is 40.7 Å². The van der Waals surface area contributed by atoms with E-state index in [0.29, 0.717) is 0 Å². The van der Waals surface area contributed by atoms with Crippen molar-refractivity contribution in [2.75, 3.05) is 12.8 Å². The smallest absolute Gasteiger partial charge is 0.444 e. The minimum atomic E-state index is -4.30. The van der Waals surface area contributed by atoms with Crippen molar-refractivity contribution in [2.24, 2.45) is 0 Å². The molecule has 0 saturated heterocycles. The Labute approximate surface area is 155 Å². The number of hydrogen-bond donors (Lipinski definition) is 1. The number of ether oxygens (including phenoxy) is 2. The minimum Gasteiger partial charge on any atom is -0.464 e. The van der Waals surface area contributed by atoms with Crippen molar-refractivity contribution in [3.8, 4) is 17.5 Å². The van der Waals surface area contributed by atoms with Crippen LogP contribution in [0.2, 0.25) is 5.02 Å². The highest BCUT2D eigenvalue weighted by molar-refractivity contribution is 6.32. The number of nitrogens with two attached hydrogens (primary N) is 1. The second kappa shape index (κ2) is 7.35. The maximum Gasteiger partial charge on any atom is 0.444 e. The van der Waals surface area contributed by atoms with Gasteiger partial charge in [-0.25, -0.2) is 9.18 Å². The number of benzene rings is 1. The molecular formula is C15H10Cl2F3N3O3. The second-order valence-electron chi connectivity index (χ2n) is 4.86. The van der Waals surface area contributed by atoms with Crippen molar-refractivity contribution in [3.63, 3.8) is 0 Å². The highest BCUT2D eigenvalue weighted by Crippen LogP contribution is 2.34. The van der Waals surface area contributed by atoms with Gasteiger partial charge < -0.3 is 19.8 Å². The van der Waals surface area contributed by atoms with Crippen molar-refractivity contribution < 1.29 is 27.4 Å². The number of aromatic nitrogens is 1. The van der Waals surface area contributed by atoms with Crippen LogP contribution in [0.15, 0.2) is 24.4 Å². The quantitative estimate of drug-likeness (QED) is 0.599. The molecular weight excluding hydrogens is 398 g/mol. The fourth-order valence-electron chi connectivity index (χ4n) is 2.05. The zero-order valence-corrected chi connectivity index (χ0v) is 14.5. The van der Waals surface area contributed by atoms with Gasteiger partial charge in [0.1, 0.15) is 11.8 Å². The van der Waals surface area contributed by atoms with Crippen LogP contribution < -0.4 is 10.5 Å². The molecule has 2 N–H and O–H groups in total. The number of nitrogen functional groups attached to an aromatic ring is 1. The third kappa shape index (κ3) is 3.66. The summed E-state index contributed by atoms with van der Waals surface area (Å²) >= 11 is 10.8. The van der Waals surface area contributed by atoms with Gasteiger partial charge in [0.15, 0.2) is 5.69 Å². The first-order valence-electron chi connectivity index (χ1n) is 6.76. The van der Waals surface area contributed by atoms with E-state index >= 15 is 0 Å². The fourth-order valence-corrected chi connectivity index (χ4v) is 2.30. The molecule has 1 unspecified atom stereocenters. The maximum absolute atomic E-state index is 13.3. The number of alkyl halides is 4. The van der Waals surface area contributed by atoms with Crippen molar-refractivity contribution >= 4 is 34.9 Å². The Kier molecular flexibility index (Phi) is 5.59. The molecule has 11 heteroatoms. The van der Waals surface area contributed by atoms with E-state index in [1.165, 1.54) is 12.3 Å². The molecule has 0 saturated carbocycles. The second-order valence-corrected chi connectivity index (χ2v) is 5.65. The van der Waals surface area contributed by atoms with Crippen LogP contribution in [0.4, 0.5) is 18.9 Å². The first-order valence-corrected chi connectivity index (χ1v) is 7.58. The van der Waals surface area contributed by atoms with Crippen molar-refractivity contribution in [2.45, 2.75) is 11.7 Å². The van der Waals surface area contributed by atoms with Crippen LogP contribution in [0.1, 0.15) is 16.1 Å². The summed E-state index contributed by atoms with van der Waals surface area (Å²) in [5.74, 6) is -1.37. The zero-order valence-electron chi connectivity index (χ0n) is 13.0. The number of halogens is 5. The molecule has 0 amide bonds. The number of methoxy groups -OCH3 is 1. The summed E-state index contributed by atoms with van der Waals surface area (Å²) < 4.78 is 49.4. The number of anilines is 1. The Morgan fingerprint density at radius 2 is 2.12 bits per heavy atom. The third-order valence-corrected chi connectivity index (χ3v) is 3.80. The van der Waals surface area contributed by atoms with E-state index in [0.717, 1.165) is 23.8 Å². The van der Waals surface area contributed by atoms with Gasteiger partial charge in [-0.2, -0.15) is 14.0 Å². The highest BCUT2D eigenvalue weighted by atomic mass is 35.5. The fraction of sp³-hybridized carbons (Fsp3) is 0.200. The lowest BCUT2D eigenvalue weighted by molar-refractivity contribution is -0.199. The Bertz CT molecular complexity index is 894. The molecule has 0 radical (unpaired) electrons. The maximum atomic E-state index is 13.3. The zero-order chi connectivity index (χ0) is 19.6. The average Bonchev–Trinajstić information content (AvgIpc) is 2.92. The standard InChI is InChI=1S/C15H10Cl2F3N3O3/c1-25-13(24)12-11(22)7(5-21)6-23(12)10-4-8(2-3-9(10)16)26-15(19,20)14(17)18/h2-4,6,14H,22H2,1H3. The number of nitrogens with zero attached hydrogens (tertiary/aromatic N) is 2. The summed E-state index contributed by atoms with van der Waals surface area (Å²) in [6.07, 6.45) is -3.13. The van der Waals surface area contributed by atoms with Crippen LogP contribution in [0.25, 0.3) is 5.69 Å². The van der Waals surface area contributed by atoms with Gasteiger partial charge in [-0.3, -0.25) is 0 Å². The van der Waals surface area contributed by atoms with E-state index in [9.17, 15) is 18.0 Å². The van der Waals surface area contributed by atoms with Crippen LogP contribution in [-0.2, 0) is 4.74 Å². The molecule has 2 rings (SSSR count). The van der Waals surface area contributed by atoms with Gasteiger partial charge in [0.05, 0.1) is 29.1 Å². The first kappa shape index (κ1) is 19.8. The number of rotatable bonds is 5. The predicted octanol–water partition coefficient (Wildman–Crippen LogP) is 3.88. The summed E-state index contributed by atoms with van der Waals surface area (Å²) in [6.45, 7) is 0. The molecule has 138 valence electrons. The molecule has 26 heavy (non-hydrogen) atoms. The van der Waals surface area contributed by atoms with Crippen molar-refractivity contribution in [1.82, 2.24) is 4.57 Å². The van der Waals surface area contributed by atoms with Gasteiger partial charge in [-0.1, -0.05) is 23.2 Å². The van der Waals surface area contributed by atoms with E-state index < -0.39 is 23.5 Å². The van der Waals surface area contributed by atoms with Gasteiger partial charge in [-0.15, -0.1) is 0 Å². The summed E-state index contributed by atoms with van der Waals surface area (Å²) in [5.41, 5.74) is 2.15. The van der Waals surface area contributed by atoms with Crippen LogP contribution in [-0.4, -0.2) is 29.4 Å². The molecule has 0 spiro atoms. The van der Waals surface area contributed by atoms with E-state index in [1.54, 1.807) is 6.07 Å². The summed E-state index contributed by atoms with van der Waals surface area (Å²) in [6, 6.07) is 5.00. The topological polar surface area (TPSA) is 90.3 Å². The Hall–Kier alpha value is -2.57. The molecule has 1 heterocycles. The lowest BCUT2D eigenvalue weighted by Gasteiger charge is -2.19. The lowest BCUT2D eigenvalue weighted by Crippen LogP contribution is -2.32. The van der Waals surface area contributed by atoms with Crippen LogP contribution in [0, 0.1) is 11.3 Å². The Morgan fingerprint density at radius 3 is 2.65 bits per heavy atom. The van der Waals surface area contributed by atoms with E-state index in [1.807, 2.05) is 0 Å². The molecule has 0 aliphatic heterocycles. The first-order chi connectivity index (χ1) is 12.1. The summed E-state index contributed by atoms with van der Waals surface area (Å²) in [5, 5.41) is 9.09. The molecule has 1 aromatic heterocycles. The number of carbonyl (C=O) groups is 1. The number of carbonyl (C=O) groups excluding carboxylic acids is 1. The SMILES string of the molecule is COC(=O)c1c(N)c(C#N)cn1-c1cc(OC(F)(F)C(F)Cl)ccc1Cl. The van der Waals surface area contributed by atoms with Crippen molar-refractivity contribution in [1.29, 1.82) is 5.26 Å². The molecule has 0 aliphatic carbocycles. The molecule has 0 bridgehead atoms. The summed E-state index contributed by atoms with van der Waals surface area (Å²) in [7, 11) is 1.09. The molecule has 0 fully saturated rings. The Morgan fingerprint density at radius 1 is 1.46 bits per heavy atom. The molecule has 1 atom stereocenters. The van der Waals surface area contributed by atoms with Crippen LogP contribution >= 0.6 is 23.2 Å². The molecule has 0 aliphatic rings. The van der Waals surface area contributed by atoms with E-state index in [-0.39, 0.29) is 27.7 Å². The highest BCUT2D eigenvalue weighted by Gasteiger charge is 2.42. The van der Waals surface area contributed by atoms with E-state index in [2.05, 4.69) is 9.47 Å². The number of nitriles is 1. The largest absolute Gasteiger partial charge is 0.464 e.